The number of hydrogen-bond donors (Lipinski definition) is 0. The summed E-state index contributed by atoms with van der Waals surface area (Å²) in [5, 5.41) is 0.983. The van der Waals surface area contributed by atoms with Crippen LogP contribution in [0.25, 0.3) is 11.0 Å². The molecule has 1 radical (unpaired) electrons. The minimum atomic E-state index is -0.220. The van der Waals surface area contributed by atoms with Gasteiger partial charge in [-0.25, -0.2) is 4.79 Å². The lowest BCUT2D eigenvalue weighted by molar-refractivity contribution is 0.548. The normalized spacial score (nSPS) is 10.7. The highest BCUT2D eigenvalue weighted by Crippen LogP contribution is 2.13. The van der Waals surface area contributed by atoms with Crippen LogP contribution in [-0.4, -0.2) is 0 Å². The molecule has 1 aromatic heterocycles. The van der Waals surface area contributed by atoms with Crippen molar-refractivity contribution < 1.29 is 4.42 Å². The zero-order chi connectivity index (χ0) is 10.7. The summed E-state index contributed by atoms with van der Waals surface area (Å²) >= 11 is 0. The van der Waals surface area contributed by atoms with E-state index in [1.165, 1.54) is 0 Å². The van der Waals surface area contributed by atoms with E-state index < -0.39 is 0 Å². The maximum Gasteiger partial charge on any atom is 0.339 e. The van der Waals surface area contributed by atoms with Crippen LogP contribution in [0.1, 0.15) is 18.4 Å². The Morgan fingerprint density at radius 2 is 2.07 bits per heavy atom. The first-order valence-electron chi connectivity index (χ1n) is 5.12. The molecule has 1 aromatic carbocycles. The second-order valence-electron chi connectivity index (χ2n) is 3.55. The summed E-state index contributed by atoms with van der Waals surface area (Å²) in [7, 11) is 0. The number of aryl methyl sites for hydroxylation is 1. The van der Waals surface area contributed by atoms with Crippen LogP contribution in [0, 0.1) is 6.92 Å². The number of para-hydroxylation sites is 1. The van der Waals surface area contributed by atoms with Crippen molar-refractivity contribution in [3.63, 3.8) is 0 Å². The molecule has 0 atom stereocenters. The zero-order valence-electron chi connectivity index (χ0n) is 8.53. The predicted molar refractivity (Wildman–Crippen MR) is 60.8 cm³/mol. The quantitative estimate of drug-likeness (QED) is 0.715. The van der Waals surface area contributed by atoms with Gasteiger partial charge in [0.05, 0.1) is 0 Å². The lowest BCUT2D eigenvalue weighted by Crippen LogP contribution is -2.06. The molecule has 0 aliphatic carbocycles. The average Bonchev–Trinajstić information content (AvgIpc) is 2.26. The summed E-state index contributed by atoms with van der Waals surface area (Å²) in [4.78, 5) is 11.6. The summed E-state index contributed by atoms with van der Waals surface area (Å²) in [5.74, 6) is 0. The Morgan fingerprint density at radius 1 is 1.27 bits per heavy atom. The molecule has 0 saturated heterocycles. The first-order chi connectivity index (χ1) is 7.31. The number of hydrogen-bond acceptors (Lipinski definition) is 2. The molecule has 1 heterocycles. The Morgan fingerprint density at radius 3 is 2.87 bits per heavy atom. The SMILES string of the molecule is [CH2]CCCc1cc2ccccc2oc1=O. The number of fused-ring (bicyclic) bond motifs is 1. The Balaban J connectivity index is 2.48. The van der Waals surface area contributed by atoms with Crippen molar-refractivity contribution in [3.8, 4) is 0 Å². The van der Waals surface area contributed by atoms with Crippen molar-refractivity contribution >= 4 is 11.0 Å². The second-order valence-corrected chi connectivity index (χ2v) is 3.55. The van der Waals surface area contributed by atoms with Crippen molar-refractivity contribution in [2.75, 3.05) is 0 Å². The molecule has 0 amide bonds. The monoisotopic (exact) mass is 201 g/mol. The molecule has 0 N–H and O–H groups in total. The third-order valence-electron chi connectivity index (χ3n) is 2.41. The van der Waals surface area contributed by atoms with Gasteiger partial charge in [-0.15, -0.1) is 0 Å². The maximum absolute atomic E-state index is 11.6. The van der Waals surface area contributed by atoms with E-state index in [2.05, 4.69) is 6.92 Å². The second kappa shape index (κ2) is 4.30. The molecule has 0 aliphatic rings. The summed E-state index contributed by atoms with van der Waals surface area (Å²) < 4.78 is 5.21. The largest absolute Gasteiger partial charge is 0.423 e. The summed E-state index contributed by atoms with van der Waals surface area (Å²) in [5.41, 5.74) is 1.18. The first-order valence-corrected chi connectivity index (χ1v) is 5.12. The minimum absolute atomic E-state index is 0.220. The molecule has 2 aromatic rings. The number of benzene rings is 1. The van der Waals surface area contributed by atoms with Gasteiger partial charge in [0, 0.05) is 10.9 Å². The van der Waals surface area contributed by atoms with Crippen molar-refractivity contribution in [2.45, 2.75) is 19.3 Å². The van der Waals surface area contributed by atoms with Crippen LogP contribution in [-0.2, 0) is 6.42 Å². The van der Waals surface area contributed by atoms with Crippen LogP contribution in [0.3, 0.4) is 0 Å². The molecular weight excluding hydrogens is 188 g/mol. The van der Waals surface area contributed by atoms with Gasteiger partial charge in [0.2, 0.25) is 0 Å². The van der Waals surface area contributed by atoms with Crippen LogP contribution >= 0.6 is 0 Å². The number of unbranched alkanes of at least 4 members (excludes halogenated alkanes) is 1. The van der Waals surface area contributed by atoms with E-state index in [1.807, 2.05) is 30.3 Å². The standard InChI is InChI=1S/C13H13O2/c1-2-3-6-11-9-10-7-4-5-8-12(10)15-13(11)14/h4-5,7-9H,1-3,6H2. The third-order valence-corrected chi connectivity index (χ3v) is 2.41. The van der Waals surface area contributed by atoms with Gasteiger partial charge in [-0.1, -0.05) is 31.5 Å². The van der Waals surface area contributed by atoms with Gasteiger partial charge >= 0.3 is 5.63 Å². The molecule has 0 fully saturated rings. The lowest BCUT2D eigenvalue weighted by atomic mass is 10.1. The smallest absolute Gasteiger partial charge is 0.339 e. The Hall–Kier alpha value is -1.57. The molecule has 2 nitrogen and oxygen atoms in total. The summed E-state index contributed by atoms with van der Waals surface area (Å²) in [6.45, 7) is 3.76. The van der Waals surface area contributed by atoms with Crippen molar-refractivity contribution in [1.29, 1.82) is 0 Å². The molecule has 2 heteroatoms. The van der Waals surface area contributed by atoms with Crippen LogP contribution in [0.5, 0.6) is 0 Å². The van der Waals surface area contributed by atoms with Gasteiger partial charge in [0.25, 0.3) is 0 Å². The molecule has 2 rings (SSSR count). The van der Waals surface area contributed by atoms with E-state index in [0.717, 1.165) is 30.2 Å². The van der Waals surface area contributed by atoms with Gasteiger partial charge in [-0.05, 0) is 25.0 Å². The van der Waals surface area contributed by atoms with Gasteiger partial charge in [0.1, 0.15) is 5.58 Å². The molecule has 0 bridgehead atoms. The molecule has 0 saturated carbocycles. The molecule has 0 aliphatic heterocycles. The fraction of sp³-hybridized carbons (Fsp3) is 0.231. The van der Waals surface area contributed by atoms with Crippen LogP contribution in [0.2, 0.25) is 0 Å². The molecular formula is C13H13O2. The van der Waals surface area contributed by atoms with Gasteiger partial charge in [-0.2, -0.15) is 0 Å². The zero-order valence-corrected chi connectivity index (χ0v) is 8.53. The summed E-state index contributed by atoms with van der Waals surface area (Å²) in [6, 6.07) is 9.47. The fourth-order valence-electron chi connectivity index (χ4n) is 1.59. The highest BCUT2D eigenvalue weighted by atomic mass is 16.4. The van der Waals surface area contributed by atoms with Gasteiger partial charge < -0.3 is 4.42 Å². The highest BCUT2D eigenvalue weighted by Gasteiger charge is 2.03. The van der Waals surface area contributed by atoms with E-state index in [4.69, 9.17) is 4.42 Å². The van der Waals surface area contributed by atoms with E-state index in [9.17, 15) is 4.79 Å². The summed E-state index contributed by atoms with van der Waals surface area (Å²) in [6.07, 6.45) is 2.51. The highest BCUT2D eigenvalue weighted by molar-refractivity contribution is 5.76. The number of rotatable bonds is 3. The Bertz CT molecular complexity index is 511. The van der Waals surface area contributed by atoms with Crippen LogP contribution in [0.15, 0.2) is 39.5 Å². The van der Waals surface area contributed by atoms with Gasteiger partial charge in [0.15, 0.2) is 0 Å². The van der Waals surface area contributed by atoms with Crippen molar-refractivity contribution in [3.05, 3.63) is 53.2 Å². The average molecular weight is 201 g/mol. The van der Waals surface area contributed by atoms with E-state index in [-0.39, 0.29) is 5.63 Å². The topological polar surface area (TPSA) is 30.2 Å². The Kier molecular flexibility index (Phi) is 2.86. The maximum atomic E-state index is 11.6. The first kappa shape index (κ1) is 9.97. The predicted octanol–water partition coefficient (Wildman–Crippen LogP) is 2.95. The van der Waals surface area contributed by atoms with E-state index >= 15 is 0 Å². The molecule has 0 unspecified atom stereocenters. The minimum Gasteiger partial charge on any atom is -0.423 e. The van der Waals surface area contributed by atoms with Crippen molar-refractivity contribution in [2.24, 2.45) is 0 Å². The lowest BCUT2D eigenvalue weighted by Gasteiger charge is -2.00. The van der Waals surface area contributed by atoms with Crippen molar-refractivity contribution in [1.82, 2.24) is 0 Å². The molecule has 77 valence electrons. The Labute approximate surface area is 88.5 Å². The molecule has 15 heavy (non-hydrogen) atoms. The van der Waals surface area contributed by atoms with Crippen LogP contribution < -0.4 is 5.63 Å². The van der Waals surface area contributed by atoms with E-state index in [1.54, 1.807) is 0 Å². The van der Waals surface area contributed by atoms with E-state index in [0.29, 0.717) is 5.58 Å². The molecule has 0 spiro atoms. The van der Waals surface area contributed by atoms with Gasteiger partial charge in [-0.3, -0.25) is 0 Å². The van der Waals surface area contributed by atoms with Crippen LogP contribution in [0.4, 0.5) is 0 Å². The third kappa shape index (κ3) is 2.09. The fourth-order valence-corrected chi connectivity index (χ4v) is 1.59.